The molecule has 1 amide bonds. The molecule has 1 aromatic heterocycles. The van der Waals surface area contributed by atoms with Crippen LogP contribution in [0.1, 0.15) is 24.8 Å². The van der Waals surface area contributed by atoms with Gasteiger partial charge in [0.25, 0.3) is 11.5 Å². The maximum absolute atomic E-state index is 13.0. The summed E-state index contributed by atoms with van der Waals surface area (Å²) in [4.78, 5) is 24.7. The predicted octanol–water partition coefficient (Wildman–Crippen LogP) is 4.27. The topological polar surface area (TPSA) is 60.3 Å². The molecule has 1 aliphatic carbocycles. The summed E-state index contributed by atoms with van der Waals surface area (Å²) in [6, 6.07) is 12.8. The fourth-order valence-electron chi connectivity index (χ4n) is 3.62. The van der Waals surface area contributed by atoms with Gasteiger partial charge in [-0.2, -0.15) is 0 Å². The number of amides is 1. The lowest BCUT2D eigenvalue weighted by Crippen LogP contribution is -2.27. The average Bonchev–Trinajstić information content (AvgIpc) is 2.66. The Morgan fingerprint density at radius 1 is 1.17 bits per heavy atom. The standard InChI is InChI=1S/C23H23FN2O3/c1-15-11-23(28)26(13-16-3-2-4-16)21-12-19(9-10-20(15)21)29-14-22(27)25-18-7-5-17(24)6-8-18/h5-12,16H,2-4,13-14H2,1H3,(H,25,27). The van der Waals surface area contributed by atoms with Crippen molar-refractivity contribution in [3.63, 3.8) is 0 Å². The fourth-order valence-corrected chi connectivity index (χ4v) is 3.62. The molecule has 2 aromatic carbocycles. The number of fused-ring (bicyclic) bond motifs is 1. The number of pyridine rings is 1. The number of carbonyl (C=O) groups excluding carboxylic acids is 1. The first-order valence-electron chi connectivity index (χ1n) is 9.82. The van der Waals surface area contributed by atoms with Crippen LogP contribution in [0, 0.1) is 18.7 Å². The normalized spacial score (nSPS) is 13.9. The van der Waals surface area contributed by atoms with Crippen LogP contribution < -0.4 is 15.6 Å². The molecule has 4 rings (SSSR count). The smallest absolute Gasteiger partial charge is 0.262 e. The molecular formula is C23H23FN2O3. The van der Waals surface area contributed by atoms with E-state index in [1.54, 1.807) is 12.1 Å². The molecule has 0 atom stereocenters. The second kappa shape index (κ2) is 8.07. The molecular weight excluding hydrogens is 371 g/mol. The molecule has 1 fully saturated rings. The largest absolute Gasteiger partial charge is 0.484 e. The van der Waals surface area contributed by atoms with Crippen LogP contribution in [0.5, 0.6) is 5.75 Å². The molecule has 0 saturated heterocycles. The Bertz CT molecular complexity index is 1100. The average molecular weight is 394 g/mol. The molecule has 29 heavy (non-hydrogen) atoms. The van der Waals surface area contributed by atoms with Crippen molar-refractivity contribution in [2.24, 2.45) is 5.92 Å². The maximum Gasteiger partial charge on any atom is 0.262 e. The summed E-state index contributed by atoms with van der Waals surface area (Å²) in [5, 5.41) is 3.67. The molecule has 1 N–H and O–H groups in total. The van der Waals surface area contributed by atoms with Gasteiger partial charge >= 0.3 is 0 Å². The Morgan fingerprint density at radius 2 is 1.93 bits per heavy atom. The van der Waals surface area contributed by atoms with Crippen molar-refractivity contribution >= 4 is 22.5 Å². The summed E-state index contributed by atoms with van der Waals surface area (Å²) < 4.78 is 20.4. The van der Waals surface area contributed by atoms with Crippen molar-refractivity contribution in [3.05, 3.63) is 70.3 Å². The third-order valence-corrected chi connectivity index (χ3v) is 5.45. The minimum atomic E-state index is -0.362. The molecule has 1 saturated carbocycles. The van der Waals surface area contributed by atoms with Gasteiger partial charge in [-0.15, -0.1) is 0 Å². The molecule has 1 aliphatic rings. The number of rotatable bonds is 6. The van der Waals surface area contributed by atoms with E-state index >= 15 is 0 Å². The van der Waals surface area contributed by atoms with Crippen LogP contribution in [0.25, 0.3) is 10.9 Å². The van der Waals surface area contributed by atoms with Crippen molar-refractivity contribution in [1.29, 1.82) is 0 Å². The number of nitrogens with one attached hydrogen (secondary N) is 1. The summed E-state index contributed by atoms with van der Waals surface area (Å²) in [6.45, 7) is 2.46. The van der Waals surface area contributed by atoms with Crippen LogP contribution in [0.3, 0.4) is 0 Å². The summed E-state index contributed by atoms with van der Waals surface area (Å²) >= 11 is 0. The number of hydrogen-bond donors (Lipinski definition) is 1. The lowest BCUT2D eigenvalue weighted by atomic mass is 9.85. The number of anilines is 1. The third-order valence-electron chi connectivity index (χ3n) is 5.45. The van der Waals surface area contributed by atoms with E-state index in [-0.39, 0.29) is 23.9 Å². The Labute approximate surface area is 168 Å². The van der Waals surface area contributed by atoms with Crippen molar-refractivity contribution in [2.75, 3.05) is 11.9 Å². The first-order chi connectivity index (χ1) is 14.0. The van der Waals surface area contributed by atoms with Gasteiger partial charge in [-0.3, -0.25) is 9.59 Å². The van der Waals surface area contributed by atoms with E-state index in [0.717, 1.165) is 29.3 Å². The zero-order chi connectivity index (χ0) is 20.4. The van der Waals surface area contributed by atoms with Gasteiger partial charge in [0.05, 0.1) is 5.52 Å². The van der Waals surface area contributed by atoms with Gasteiger partial charge in [0.2, 0.25) is 0 Å². The van der Waals surface area contributed by atoms with E-state index in [2.05, 4.69) is 5.32 Å². The van der Waals surface area contributed by atoms with Crippen molar-refractivity contribution in [2.45, 2.75) is 32.7 Å². The molecule has 3 aromatic rings. The molecule has 0 bridgehead atoms. The third kappa shape index (κ3) is 4.31. The Morgan fingerprint density at radius 3 is 2.62 bits per heavy atom. The molecule has 5 nitrogen and oxygen atoms in total. The number of aryl methyl sites for hydroxylation is 1. The number of carbonyl (C=O) groups is 1. The van der Waals surface area contributed by atoms with E-state index in [0.29, 0.717) is 23.9 Å². The molecule has 0 unspecified atom stereocenters. The first kappa shape index (κ1) is 19.2. The highest BCUT2D eigenvalue weighted by atomic mass is 19.1. The van der Waals surface area contributed by atoms with Crippen LogP contribution in [0.2, 0.25) is 0 Å². The summed E-state index contributed by atoms with van der Waals surface area (Å²) in [5.74, 6) is 0.371. The quantitative estimate of drug-likeness (QED) is 0.679. The van der Waals surface area contributed by atoms with Crippen LogP contribution in [-0.4, -0.2) is 17.1 Å². The van der Waals surface area contributed by atoms with Gasteiger partial charge in [0, 0.05) is 29.8 Å². The SMILES string of the molecule is Cc1cc(=O)n(CC2CCC2)c2cc(OCC(=O)Nc3ccc(F)cc3)ccc12. The zero-order valence-electron chi connectivity index (χ0n) is 16.3. The molecule has 1 heterocycles. The number of hydrogen-bond acceptors (Lipinski definition) is 3. The van der Waals surface area contributed by atoms with Crippen molar-refractivity contribution in [1.82, 2.24) is 4.57 Å². The minimum absolute atomic E-state index is 0.00639. The molecule has 6 heteroatoms. The number of ether oxygens (including phenoxy) is 1. The fraction of sp³-hybridized carbons (Fsp3) is 0.304. The van der Waals surface area contributed by atoms with Crippen LogP contribution in [0.15, 0.2) is 53.3 Å². The Kier molecular flexibility index (Phi) is 5.34. The van der Waals surface area contributed by atoms with Crippen LogP contribution in [-0.2, 0) is 11.3 Å². The number of nitrogens with zero attached hydrogens (tertiary/aromatic N) is 1. The van der Waals surface area contributed by atoms with Gasteiger partial charge in [0.1, 0.15) is 11.6 Å². The van der Waals surface area contributed by atoms with Gasteiger partial charge in [-0.1, -0.05) is 6.42 Å². The second-order valence-corrected chi connectivity index (χ2v) is 7.60. The van der Waals surface area contributed by atoms with Crippen LogP contribution in [0.4, 0.5) is 10.1 Å². The number of benzene rings is 2. The van der Waals surface area contributed by atoms with E-state index in [4.69, 9.17) is 4.74 Å². The Hall–Kier alpha value is -3.15. The minimum Gasteiger partial charge on any atom is -0.484 e. The monoisotopic (exact) mass is 394 g/mol. The number of halogens is 1. The summed E-state index contributed by atoms with van der Waals surface area (Å²) in [6.07, 6.45) is 3.53. The van der Waals surface area contributed by atoms with Crippen molar-refractivity contribution in [3.8, 4) is 5.75 Å². The first-order valence-corrected chi connectivity index (χ1v) is 9.82. The van der Waals surface area contributed by atoms with E-state index < -0.39 is 0 Å². The lowest BCUT2D eigenvalue weighted by molar-refractivity contribution is -0.118. The van der Waals surface area contributed by atoms with Gasteiger partial charge in [-0.25, -0.2) is 4.39 Å². The summed E-state index contributed by atoms with van der Waals surface area (Å²) in [5.41, 5.74) is 2.25. The predicted molar refractivity (Wildman–Crippen MR) is 111 cm³/mol. The highest BCUT2D eigenvalue weighted by molar-refractivity contribution is 5.92. The highest BCUT2D eigenvalue weighted by Crippen LogP contribution is 2.29. The summed E-state index contributed by atoms with van der Waals surface area (Å²) in [7, 11) is 0. The van der Waals surface area contributed by atoms with E-state index in [1.165, 1.54) is 30.7 Å². The molecule has 0 spiro atoms. The zero-order valence-corrected chi connectivity index (χ0v) is 16.3. The second-order valence-electron chi connectivity index (χ2n) is 7.60. The Balaban J connectivity index is 1.51. The molecule has 150 valence electrons. The van der Waals surface area contributed by atoms with Crippen molar-refractivity contribution < 1.29 is 13.9 Å². The van der Waals surface area contributed by atoms with Gasteiger partial charge in [0.15, 0.2) is 6.61 Å². The van der Waals surface area contributed by atoms with Gasteiger partial charge in [-0.05, 0) is 67.6 Å². The van der Waals surface area contributed by atoms with E-state index in [1.807, 2.05) is 23.6 Å². The lowest BCUT2D eigenvalue weighted by Gasteiger charge is -2.27. The van der Waals surface area contributed by atoms with Gasteiger partial charge < -0.3 is 14.6 Å². The van der Waals surface area contributed by atoms with E-state index in [9.17, 15) is 14.0 Å². The molecule has 0 radical (unpaired) electrons. The van der Waals surface area contributed by atoms with Crippen LogP contribution >= 0.6 is 0 Å². The highest BCUT2D eigenvalue weighted by Gasteiger charge is 2.20. The maximum atomic E-state index is 13.0. The molecule has 0 aliphatic heterocycles. The number of aromatic nitrogens is 1.